The molecule has 0 aliphatic rings. The lowest BCUT2D eigenvalue weighted by molar-refractivity contribution is 0.628. The molecule has 0 aliphatic carbocycles. The summed E-state index contributed by atoms with van der Waals surface area (Å²) >= 11 is 1.55. The molecule has 5 rings (SSSR count). The van der Waals surface area contributed by atoms with Crippen molar-refractivity contribution in [3.05, 3.63) is 65.3 Å². The molecule has 0 amide bonds. The van der Waals surface area contributed by atoms with E-state index in [0.717, 1.165) is 15.8 Å². The van der Waals surface area contributed by atoms with Gasteiger partial charge in [0.1, 0.15) is 22.0 Å². The van der Waals surface area contributed by atoms with Crippen molar-refractivity contribution in [2.75, 3.05) is 5.73 Å². The minimum absolute atomic E-state index is 0.210. The van der Waals surface area contributed by atoms with Crippen LogP contribution in [0.3, 0.4) is 0 Å². The van der Waals surface area contributed by atoms with Crippen LogP contribution in [0.15, 0.2) is 48.1 Å². The minimum atomic E-state index is -0.303. The van der Waals surface area contributed by atoms with Crippen LogP contribution < -0.4 is 5.73 Å². The van der Waals surface area contributed by atoms with E-state index >= 15 is 0 Å². The number of thiophene rings is 1. The maximum absolute atomic E-state index is 13.9. The van der Waals surface area contributed by atoms with Gasteiger partial charge in [-0.3, -0.25) is 0 Å². The van der Waals surface area contributed by atoms with Crippen LogP contribution in [0.2, 0.25) is 0 Å². The molecule has 28 heavy (non-hydrogen) atoms. The van der Waals surface area contributed by atoms with Gasteiger partial charge in [-0.15, -0.1) is 11.3 Å². The largest absolute Gasteiger partial charge is 0.382 e. The normalized spacial score (nSPS) is 12.6. The van der Waals surface area contributed by atoms with E-state index in [-0.39, 0.29) is 11.7 Å². The summed E-state index contributed by atoms with van der Waals surface area (Å²) in [6.45, 7) is 1.99. The number of benzene rings is 1. The number of aromatic amines is 1. The smallest absolute Gasteiger partial charge is 0.183 e. The van der Waals surface area contributed by atoms with Gasteiger partial charge < -0.3 is 10.7 Å². The van der Waals surface area contributed by atoms with E-state index in [1.165, 1.54) is 12.1 Å². The predicted octanol–water partition coefficient (Wildman–Crippen LogP) is 4.50. The number of H-pyrrole nitrogens is 1. The highest BCUT2D eigenvalue weighted by molar-refractivity contribution is 7.16. The molecule has 0 saturated heterocycles. The van der Waals surface area contributed by atoms with Gasteiger partial charge in [-0.1, -0.05) is 19.1 Å². The number of aromatic nitrogens is 5. The van der Waals surface area contributed by atoms with E-state index in [2.05, 4.69) is 26.0 Å². The number of pyridine rings is 1. The summed E-state index contributed by atoms with van der Waals surface area (Å²) in [4.78, 5) is 21.9. The quantitative estimate of drug-likeness (QED) is 0.473. The van der Waals surface area contributed by atoms with Crippen LogP contribution in [0.5, 0.6) is 0 Å². The summed E-state index contributed by atoms with van der Waals surface area (Å²) in [6.07, 6.45) is 1.54. The second-order valence-electron chi connectivity index (χ2n) is 6.54. The molecular formula is C20H15FN6S. The third kappa shape index (κ3) is 2.69. The number of imidazole rings is 1. The highest BCUT2D eigenvalue weighted by Crippen LogP contribution is 2.35. The SMILES string of the molecule is C[C@H](c1nc(N)c2[nH]cnc2n1)c1cc2ccsc2nc1-c1cccc(F)c1. The van der Waals surface area contributed by atoms with Crippen molar-refractivity contribution in [3.8, 4) is 11.3 Å². The molecule has 0 saturated carbocycles. The molecule has 6 nitrogen and oxygen atoms in total. The van der Waals surface area contributed by atoms with Crippen LogP contribution in [0.25, 0.3) is 32.6 Å². The Balaban J connectivity index is 1.73. The van der Waals surface area contributed by atoms with Crippen molar-refractivity contribution in [1.82, 2.24) is 24.9 Å². The zero-order valence-electron chi connectivity index (χ0n) is 14.8. The summed E-state index contributed by atoms with van der Waals surface area (Å²) < 4.78 is 13.9. The summed E-state index contributed by atoms with van der Waals surface area (Å²) in [5.41, 5.74) is 9.55. The Bertz CT molecular complexity index is 1330. The summed E-state index contributed by atoms with van der Waals surface area (Å²) in [5, 5.41) is 3.02. The monoisotopic (exact) mass is 390 g/mol. The fraction of sp³-hybridized carbons (Fsp3) is 0.100. The molecule has 1 atom stereocenters. The van der Waals surface area contributed by atoms with E-state index < -0.39 is 0 Å². The molecule has 0 unspecified atom stereocenters. The molecule has 1 aromatic carbocycles. The fourth-order valence-electron chi connectivity index (χ4n) is 3.32. The molecular weight excluding hydrogens is 375 g/mol. The zero-order valence-corrected chi connectivity index (χ0v) is 15.7. The summed E-state index contributed by atoms with van der Waals surface area (Å²) in [6, 6.07) is 10.5. The van der Waals surface area contributed by atoms with E-state index in [1.807, 2.05) is 24.4 Å². The van der Waals surface area contributed by atoms with Crippen molar-refractivity contribution in [3.63, 3.8) is 0 Å². The molecule has 0 radical (unpaired) electrons. The van der Waals surface area contributed by atoms with Crippen LogP contribution in [-0.4, -0.2) is 24.9 Å². The molecule has 138 valence electrons. The highest BCUT2D eigenvalue weighted by atomic mass is 32.1. The Morgan fingerprint density at radius 1 is 1.14 bits per heavy atom. The van der Waals surface area contributed by atoms with Crippen LogP contribution >= 0.6 is 11.3 Å². The third-order valence-corrected chi connectivity index (χ3v) is 5.58. The van der Waals surface area contributed by atoms with Gasteiger partial charge in [-0.25, -0.2) is 24.3 Å². The molecule has 8 heteroatoms. The fourth-order valence-corrected chi connectivity index (χ4v) is 4.07. The lowest BCUT2D eigenvalue weighted by Gasteiger charge is -2.16. The number of fused-ring (bicyclic) bond motifs is 2. The number of nitrogens with one attached hydrogen (secondary N) is 1. The number of rotatable bonds is 3. The van der Waals surface area contributed by atoms with Gasteiger partial charge >= 0.3 is 0 Å². The Kier molecular flexibility index (Phi) is 3.80. The van der Waals surface area contributed by atoms with E-state index in [9.17, 15) is 4.39 Å². The molecule has 4 aromatic heterocycles. The van der Waals surface area contributed by atoms with Crippen molar-refractivity contribution in [2.45, 2.75) is 12.8 Å². The van der Waals surface area contributed by atoms with Crippen LogP contribution in [0, 0.1) is 5.82 Å². The second kappa shape index (κ2) is 6.35. The Morgan fingerprint density at radius 3 is 2.89 bits per heavy atom. The van der Waals surface area contributed by atoms with Crippen LogP contribution in [-0.2, 0) is 0 Å². The van der Waals surface area contributed by atoms with Gasteiger partial charge in [0.15, 0.2) is 11.5 Å². The van der Waals surface area contributed by atoms with Crippen LogP contribution in [0.4, 0.5) is 10.2 Å². The van der Waals surface area contributed by atoms with Gasteiger partial charge in [0.2, 0.25) is 0 Å². The molecule has 0 bridgehead atoms. The third-order valence-electron chi connectivity index (χ3n) is 4.75. The zero-order chi connectivity index (χ0) is 19.3. The highest BCUT2D eigenvalue weighted by Gasteiger charge is 2.21. The number of hydrogen-bond donors (Lipinski definition) is 2. The molecule has 0 fully saturated rings. The number of hydrogen-bond acceptors (Lipinski definition) is 6. The maximum Gasteiger partial charge on any atom is 0.183 e. The maximum atomic E-state index is 13.9. The first-order chi connectivity index (χ1) is 13.6. The molecule has 3 N–H and O–H groups in total. The van der Waals surface area contributed by atoms with Gasteiger partial charge in [0.05, 0.1) is 12.0 Å². The van der Waals surface area contributed by atoms with Crippen molar-refractivity contribution in [1.29, 1.82) is 0 Å². The Hall–Kier alpha value is -3.39. The lowest BCUT2D eigenvalue weighted by Crippen LogP contribution is -2.08. The van der Waals surface area contributed by atoms with Gasteiger partial charge in [-0.2, -0.15) is 0 Å². The van der Waals surface area contributed by atoms with Crippen molar-refractivity contribution >= 4 is 38.5 Å². The van der Waals surface area contributed by atoms with Crippen LogP contribution in [0.1, 0.15) is 24.2 Å². The van der Waals surface area contributed by atoms with E-state index in [4.69, 9.17) is 10.7 Å². The Morgan fingerprint density at radius 2 is 2.04 bits per heavy atom. The molecule has 0 aliphatic heterocycles. The molecule has 5 aromatic rings. The standard InChI is InChI=1S/C20H15FN6S/c1-10(18-26-17(22)16-19(27-18)24-9-23-16)14-8-12-5-6-28-20(12)25-15(14)11-3-2-4-13(21)7-11/h2-10H,1H3,(H3,22,23,24,26,27)/t10-/m0/s1. The van der Waals surface area contributed by atoms with Gasteiger partial charge in [0.25, 0.3) is 0 Å². The Labute approximate surface area is 163 Å². The van der Waals surface area contributed by atoms with Crippen molar-refractivity contribution in [2.24, 2.45) is 0 Å². The lowest BCUT2D eigenvalue weighted by atomic mass is 9.94. The summed E-state index contributed by atoms with van der Waals surface area (Å²) in [5.74, 6) is 0.383. The van der Waals surface area contributed by atoms with E-state index in [1.54, 1.807) is 23.7 Å². The summed E-state index contributed by atoms with van der Waals surface area (Å²) in [7, 11) is 0. The first-order valence-corrected chi connectivity index (χ1v) is 9.58. The molecule has 0 spiro atoms. The first-order valence-electron chi connectivity index (χ1n) is 8.71. The topological polar surface area (TPSA) is 93.4 Å². The number of nitrogen functional groups attached to an aromatic ring is 1. The number of anilines is 1. The van der Waals surface area contributed by atoms with E-state index in [0.29, 0.717) is 34.1 Å². The average molecular weight is 390 g/mol. The molecule has 4 heterocycles. The average Bonchev–Trinajstić information content (AvgIpc) is 3.35. The second-order valence-corrected chi connectivity index (χ2v) is 7.44. The van der Waals surface area contributed by atoms with Gasteiger partial charge in [-0.05, 0) is 35.2 Å². The minimum Gasteiger partial charge on any atom is -0.382 e. The number of nitrogens with two attached hydrogens (primary N) is 1. The predicted molar refractivity (Wildman–Crippen MR) is 109 cm³/mol. The van der Waals surface area contributed by atoms with Gasteiger partial charge in [0, 0.05) is 16.9 Å². The van der Waals surface area contributed by atoms with Crippen molar-refractivity contribution < 1.29 is 4.39 Å². The first kappa shape index (κ1) is 16.8. The number of nitrogens with zero attached hydrogens (tertiary/aromatic N) is 4. The number of halogens is 1.